The lowest BCUT2D eigenvalue weighted by atomic mass is 10.1. The molecule has 2 heterocycles. The smallest absolute Gasteiger partial charge is 0.267 e. The quantitative estimate of drug-likeness (QED) is 0.766. The summed E-state index contributed by atoms with van der Waals surface area (Å²) in [6, 6.07) is 2.15. The number of hydrogen-bond acceptors (Lipinski definition) is 4. The van der Waals surface area contributed by atoms with E-state index in [9.17, 15) is 4.79 Å². The van der Waals surface area contributed by atoms with E-state index in [-0.39, 0.29) is 6.10 Å². The van der Waals surface area contributed by atoms with E-state index < -0.39 is 5.91 Å². The molecule has 0 radical (unpaired) electrons. The Morgan fingerprint density at radius 3 is 2.88 bits per heavy atom. The van der Waals surface area contributed by atoms with E-state index in [4.69, 9.17) is 10.5 Å². The summed E-state index contributed by atoms with van der Waals surface area (Å²) >= 11 is 0. The minimum Gasteiger partial charge on any atom is -0.486 e. The maximum atomic E-state index is 11.0. The standard InChI is InChI=1S/C11H15N3O2/c1-6-3-8(4-14-10(6)11(12)15)16-9-5-13-7(9)2/h3-4,7,9,13H,5H2,1-2H3,(H2,12,15)/t7-,9-/m1/s1. The number of carbonyl (C=O) groups is 1. The van der Waals surface area contributed by atoms with Crippen LogP contribution in [0.5, 0.6) is 5.75 Å². The predicted molar refractivity (Wildman–Crippen MR) is 59.4 cm³/mol. The van der Waals surface area contributed by atoms with Gasteiger partial charge in [0.1, 0.15) is 17.5 Å². The molecule has 1 amide bonds. The second-order valence-electron chi connectivity index (χ2n) is 4.05. The molecular weight excluding hydrogens is 206 g/mol. The van der Waals surface area contributed by atoms with Crippen molar-refractivity contribution in [2.45, 2.75) is 26.0 Å². The molecule has 1 aliphatic heterocycles. The van der Waals surface area contributed by atoms with Crippen molar-refractivity contribution in [3.8, 4) is 5.75 Å². The van der Waals surface area contributed by atoms with Gasteiger partial charge in [-0.25, -0.2) is 4.98 Å². The molecule has 0 spiro atoms. The van der Waals surface area contributed by atoms with Crippen LogP contribution in [0.1, 0.15) is 23.0 Å². The average Bonchev–Trinajstić information content (AvgIpc) is 2.23. The van der Waals surface area contributed by atoms with E-state index in [1.165, 1.54) is 6.20 Å². The van der Waals surface area contributed by atoms with Gasteiger partial charge in [-0.15, -0.1) is 0 Å². The van der Waals surface area contributed by atoms with Crippen LogP contribution in [-0.2, 0) is 0 Å². The molecule has 0 bridgehead atoms. The number of rotatable bonds is 3. The van der Waals surface area contributed by atoms with Crippen LogP contribution in [0.15, 0.2) is 12.3 Å². The van der Waals surface area contributed by atoms with Gasteiger partial charge in [-0.2, -0.15) is 0 Å². The Labute approximate surface area is 94.0 Å². The van der Waals surface area contributed by atoms with Gasteiger partial charge >= 0.3 is 0 Å². The summed E-state index contributed by atoms with van der Waals surface area (Å²) in [4.78, 5) is 15.0. The number of nitrogens with zero attached hydrogens (tertiary/aromatic N) is 1. The number of primary amides is 1. The van der Waals surface area contributed by atoms with Crippen LogP contribution >= 0.6 is 0 Å². The van der Waals surface area contributed by atoms with Gasteiger partial charge in [-0.3, -0.25) is 4.79 Å². The minimum absolute atomic E-state index is 0.181. The van der Waals surface area contributed by atoms with Gasteiger partial charge in [0.15, 0.2) is 0 Å². The minimum atomic E-state index is -0.511. The molecule has 5 nitrogen and oxygen atoms in total. The van der Waals surface area contributed by atoms with Gasteiger partial charge in [-0.1, -0.05) is 0 Å². The van der Waals surface area contributed by atoms with E-state index in [0.29, 0.717) is 17.5 Å². The third kappa shape index (κ3) is 1.99. The highest BCUT2D eigenvalue weighted by Crippen LogP contribution is 2.18. The SMILES string of the molecule is Cc1cc(O[C@@H]2CN[C@@H]2C)cnc1C(N)=O. The zero-order valence-electron chi connectivity index (χ0n) is 9.36. The van der Waals surface area contributed by atoms with E-state index in [0.717, 1.165) is 12.1 Å². The van der Waals surface area contributed by atoms with E-state index in [2.05, 4.69) is 17.2 Å². The Hall–Kier alpha value is -1.62. The second-order valence-corrected chi connectivity index (χ2v) is 4.05. The number of pyridine rings is 1. The third-order valence-corrected chi connectivity index (χ3v) is 2.77. The molecule has 0 unspecified atom stereocenters. The average molecular weight is 221 g/mol. The largest absolute Gasteiger partial charge is 0.486 e. The molecule has 2 atom stereocenters. The Morgan fingerprint density at radius 2 is 2.44 bits per heavy atom. The predicted octanol–water partition coefficient (Wildman–Crippen LogP) is 0.228. The lowest BCUT2D eigenvalue weighted by Crippen LogP contribution is -2.58. The number of hydrogen-bond donors (Lipinski definition) is 2. The van der Waals surface area contributed by atoms with Crippen molar-refractivity contribution >= 4 is 5.91 Å². The van der Waals surface area contributed by atoms with Gasteiger partial charge in [0.2, 0.25) is 0 Å². The molecule has 0 saturated carbocycles. The molecule has 16 heavy (non-hydrogen) atoms. The van der Waals surface area contributed by atoms with Crippen LogP contribution < -0.4 is 15.8 Å². The number of amides is 1. The van der Waals surface area contributed by atoms with Crippen molar-refractivity contribution in [2.24, 2.45) is 5.73 Å². The number of aryl methyl sites for hydroxylation is 1. The molecule has 0 aliphatic carbocycles. The fourth-order valence-electron chi connectivity index (χ4n) is 1.64. The number of nitrogens with one attached hydrogen (secondary N) is 1. The molecule has 1 aliphatic rings. The Bertz CT molecular complexity index is 420. The molecule has 2 rings (SSSR count). The van der Waals surface area contributed by atoms with Crippen molar-refractivity contribution in [2.75, 3.05) is 6.54 Å². The number of nitrogens with two attached hydrogens (primary N) is 1. The second kappa shape index (κ2) is 4.09. The molecular formula is C11H15N3O2. The maximum Gasteiger partial charge on any atom is 0.267 e. The summed E-state index contributed by atoms with van der Waals surface area (Å²) < 4.78 is 5.70. The van der Waals surface area contributed by atoms with Gasteiger partial charge < -0.3 is 15.8 Å². The van der Waals surface area contributed by atoms with Gasteiger partial charge in [0.25, 0.3) is 5.91 Å². The zero-order valence-corrected chi connectivity index (χ0v) is 9.36. The van der Waals surface area contributed by atoms with Crippen LogP contribution in [0.25, 0.3) is 0 Å². The molecule has 1 fully saturated rings. The normalized spacial score (nSPS) is 23.6. The monoisotopic (exact) mass is 221 g/mol. The summed E-state index contributed by atoms with van der Waals surface area (Å²) in [5, 5.41) is 3.20. The Balaban J connectivity index is 2.11. The van der Waals surface area contributed by atoms with Gasteiger partial charge in [0.05, 0.1) is 6.20 Å². The van der Waals surface area contributed by atoms with Crippen LogP contribution in [-0.4, -0.2) is 29.6 Å². The van der Waals surface area contributed by atoms with E-state index >= 15 is 0 Å². The van der Waals surface area contributed by atoms with Crippen LogP contribution in [0.3, 0.4) is 0 Å². The highest BCUT2D eigenvalue weighted by molar-refractivity contribution is 5.92. The molecule has 1 saturated heterocycles. The highest BCUT2D eigenvalue weighted by atomic mass is 16.5. The topological polar surface area (TPSA) is 77.2 Å². The van der Waals surface area contributed by atoms with Gasteiger partial charge in [-0.05, 0) is 25.5 Å². The first-order valence-electron chi connectivity index (χ1n) is 5.24. The molecule has 86 valence electrons. The van der Waals surface area contributed by atoms with Crippen LogP contribution in [0.4, 0.5) is 0 Å². The van der Waals surface area contributed by atoms with Crippen molar-refractivity contribution in [1.82, 2.24) is 10.3 Å². The number of aromatic nitrogens is 1. The fraction of sp³-hybridized carbons (Fsp3) is 0.455. The van der Waals surface area contributed by atoms with Crippen LogP contribution in [0, 0.1) is 6.92 Å². The van der Waals surface area contributed by atoms with Crippen LogP contribution in [0.2, 0.25) is 0 Å². The number of ether oxygens (including phenoxy) is 1. The summed E-state index contributed by atoms with van der Waals surface area (Å²) in [5.74, 6) is 0.170. The molecule has 1 aromatic rings. The van der Waals surface area contributed by atoms with Crippen molar-refractivity contribution < 1.29 is 9.53 Å². The molecule has 5 heteroatoms. The van der Waals surface area contributed by atoms with Gasteiger partial charge in [0, 0.05) is 12.6 Å². The summed E-state index contributed by atoms with van der Waals surface area (Å²) in [5.41, 5.74) is 6.21. The van der Waals surface area contributed by atoms with E-state index in [1.54, 1.807) is 13.0 Å². The van der Waals surface area contributed by atoms with Crippen molar-refractivity contribution in [3.05, 3.63) is 23.5 Å². The summed E-state index contributed by atoms with van der Waals surface area (Å²) in [6.07, 6.45) is 1.72. The lowest BCUT2D eigenvalue weighted by molar-refractivity contribution is 0.0931. The first kappa shape index (κ1) is 10.9. The fourth-order valence-corrected chi connectivity index (χ4v) is 1.64. The third-order valence-electron chi connectivity index (χ3n) is 2.77. The highest BCUT2D eigenvalue weighted by Gasteiger charge is 2.28. The molecule has 1 aromatic heterocycles. The lowest BCUT2D eigenvalue weighted by Gasteiger charge is -2.35. The molecule has 3 N–H and O–H groups in total. The summed E-state index contributed by atoms with van der Waals surface area (Å²) in [7, 11) is 0. The summed E-state index contributed by atoms with van der Waals surface area (Å²) in [6.45, 7) is 4.70. The Kier molecular flexibility index (Phi) is 2.78. The zero-order chi connectivity index (χ0) is 11.7. The Morgan fingerprint density at radius 1 is 1.69 bits per heavy atom. The molecule has 0 aromatic carbocycles. The first-order chi connectivity index (χ1) is 7.58. The van der Waals surface area contributed by atoms with E-state index in [1.807, 2.05) is 0 Å². The van der Waals surface area contributed by atoms with Crippen molar-refractivity contribution in [3.63, 3.8) is 0 Å². The van der Waals surface area contributed by atoms with Crippen molar-refractivity contribution in [1.29, 1.82) is 0 Å². The first-order valence-corrected chi connectivity index (χ1v) is 5.24. The number of carbonyl (C=O) groups excluding carboxylic acids is 1. The maximum absolute atomic E-state index is 11.0.